The summed E-state index contributed by atoms with van der Waals surface area (Å²) in [5, 5.41) is 19.7. The first-order valence-corrected chi connectivity index (χ1v) is 12.3. The van der Waals surface area contributed by atoms with Gasteiger partial charge in [0.2, 0.25) is 12.3 Å². The molecule has 1 heterocycles. The lowest BCUT2D eigenvalue weighted by atomic mass is 9.60. The van der Waals surface area contributed by atoms with Gasteiger partial charge in [0.25, 0.3) is 0 Å². The highest BCUT2D eigenvalue weighted by atomic mass is 35.5. The number of benzene rings is 2. The van der Waals surface area contributed by atoms with Crippen molar-refractivity contribution in [2.45, 2.75) is 75.1 Å². The van der Waals surface area contributed by atoms with E-state index in [2.05, 4.69) is 16.0 Å². The van der Waals surface area contributed by atoms with Crippen molar-refractivity contribution in [3.8, 4) is 0 Å². The van der Waals surface area contributed by atoms with Gasteiger partial charge >= 0.3 is 0 Å². The highest BCUT2D eigenvalue weighted by Gasteiger charge is 2.61. The fourth-order valence-electron chi connectivity index (χ4n) is 5.86. The first kappa shape index (κ1) is 25.9. The summed E-state index contributed by atoms with van der Waals surface area (Å²) in [7, 11) is 0. The van der Waals surface area contributed by atoms with E-state index in [1.165, 1.54) is 6.07 Å². The molecule has 9 heteroatoms. The van der Waals surface area contributed by atoms with E-state index < -0.39 is 34.3 Å². The van der Waals surface area contributed by atoms with Crippen LogP contribution in [0.4, 0.5) is 10.1 Å². The first-order chi connectivity index (χ1) is 16.3. The maximum absolute atomic E-state index is 15.5. The molecule has 1 saturated carbocycles. The van der Waals surface area contributed by atoms with Gasteiger partial charge in [0, 0.05) is 33.6 Å². The number of nitrogens with one attached hydrogen (secondary N) is 3. The van der Waals surface area contributed by atoms with Crippen LogP contribution in [0.5, 0.6) is 0 Å². The minimum absolute atomic E-state index is 0.0360. The van der Waals surface area contributed by atoms with Crippen LogP contribution in [0, 0.1) is 5.82 Å². The molecule has 2 aromatic carbocycles. The lowest BCUT2D eigenvalue weighted by Gasteiger charge is -2.44. The molecule has 3 unspecified atom stereocenters. The Balaban J connectivity index is 1.87. The summed E-state index contributed by atoms with van der Waals surface area (Å²) in [6.07, 6.45) is 1.47. The van der Waals surface area contributed by atoms with E-state index in [1.54, 1.807) is 37.3 Å². The standard InChI is InChI=1S/C26H30Cl2FN3O3/c1-24(2)26(4,17-9-8-14(27)10-19(17)30-13-33)20(16-6-5-7-18(28)21(16)29)22(32-24)23(34)31-15-11-25(3,35)12-15/h5-10,13,15,20,22,32,35H,11-12H2,1-4H3,(H,30,33)(H,31,34). The average molecular weight is 522 g/mol. The number of carbonyl (C=O) groups excluding carboxylic acids is 2. The van der Waals surface area contributed by atoms with Gasteiger partial charge in [-0.3, -0.25) is 14.9 Å². The molecule has 1 aliphatic heterocycles. The van der Waals surface area contributed by atoms with Crippen molar-refractivity contribution in [3.05, 3.63) is 63.4 Å². The number of hydrogen-bond acceptors (Lipinski definition) is 4. The van der Waals surface area contributed by atoms with Crippen LogP contribution in [0.15, 0.2) is 36.4 Å². The topological polar surface area (TPSA) is 90.5 Å². The molecule has 188 valence electrons. The minimum Gasteiger partial charge on any atom is -0.390 e. The summed E-state index contributed by atoms with van der Waals surface area (Å²) in [6.45, 7) is 7.58. The van der Waals surface area contributed by atoms with Crippen LogP contribution in [-0.2, 0) is 15.0 Å². The summed E-state index contributed by atoms with van der Waals surface area (Å²) in [5.74, 6) is -1.57. The Morgan fingerprint density at radius 2 is 1.86 bits per heavy atom. The normalized spacial score (nSPS) is 31.5. The van der Waals surface area contributed by atoms with Crippen LogP contribution in [0.1, 0.15) is 57.6 Å². The van der Waals surface area contributed by atoms with Crippen LogP contribution < -0.4 is 16.0 Å². The number of rotatable bonds is 6. The number of aliphatic hydroxyl groups is 1. The quantitative estimate of drug-likeness (QED) is 0.420. The predicted octanol–water partition coefficient (Wildman–Crippen LogP) is 4.52. The summed E-state index contributed by atoms with van der Waals surface area (Å²) in [6, 6.07) is 8.96. The van der Waals surface area contributed by atoms with Crippen molar-refractivity contribution in [2.24, 2.45) is 0 Å². The summed E-state index contributed by atoms with van der Waals surface area (Å²) in [5.41, 5.74) is -0.933. The molecule has 4 N–H and O–H groups in total. The summed E-state index contributed by atoms with van der Waals surface area (Å²) < 4.78 is 15.5. The van der Waals surface area contributed by atoms with E-state index in [-0.39, 0.29) is 17.0 Å². The fourth-order valence-corrected chi connectivity index (χ4v) is 6.22. The average Bonchev–Trinajstić information content (AvgIpc) is 2.96. The molecule has 3 atom stereocenters. The van der Waals surface area contributed by atoms with Gasteiger partial charge in [0.05, 0.1) is 16.7 Å². The Morgan fingerprint density at radius 1 is 1.17 bits per heavy atom. The minimum atomic E-state index is -0.887. The summed E-state index contributed by atoms with van der Waals surface area (Å²) >= 11 is 12.4. The zero-order chi connectivity index (χ0) is 25.8. The van der Waals surface area contributed by atoms with Crippen LogP contribution >= 0.6 is 23.2 Å². The zero-order valence-corrected chi connectivity index (χ0v) is 21.6. The van der Waals surface area contributed by atoms with Crippen molar-refractivity contribution in [1.82, 2.24) is 10.6 Å². The van der Waals surface area contributed by atoms with E-state index in [0.29, 0.717) is 41.1 Å². The number of hydrogen-bond donors (Lipinski definition) is 4. The van der Waals surface area contributed by atoms with Gasteiger partial charge in [0.15, 0.2) is 0 Å². The highest BCUT2D eigenvalue weighted by molar-refractivity contribution is 6.31. The number of halogens is 3. The maximum Gasteiger partial charge on any atom is 0.238 e. The number of amides is 2. The molecule has 35 heavy (non-hydrogen) atoms. The number of anilines is 1. The molecular formula is C26H30Cl2FN3O3. The fraction of sp³-hybridized carbons (Fsp3) is 0.462. The van der Waals surface area contributed by atoms with Gasteiger partial charge in [-0.25, -0.2) is 4.39 Å². The van der Waals surface area contributed by atoms with E-state index in [9.17, 15) is 14.7 Å². The SMILES string of the molecule is CC1(O)CC(NC(=O)C2NC(C)(C)C(C)(c3ccc(Cl)cc3NC=O)C2c2cccc(Cl)c2F)C1. The highest BCUT2D eigenvalue weighted by Crippen LogP contribution is 2.56. The van der Waals surface area contributed by atoms with E-state index in [4.69, 9.17) is 23.2 Å². The van der Waals surface area contributed by atoms with Crippen LogP contribution in [0.25, 0.3) is 0 Å². The van der Waals surface area contributed by atoms with Crippen LogP contribution in [0.3, 0.4) is 0 Å². The molecule has 6 nitrogen and oxygen atoms in total. The summed E-state index contributed by atoms with van der Waals surface area (Å²) in [4.78, 5) is 25.0. The monoisotopic (exact) mass is 521 g/mol. The van der Waals surface area contributed by atoms with Gasteiger partial charge in [-0.15, -0.1) is 0 Å². The first-order valence-electron chi connectivity index (χ1n) is 11.6. The second kappa shape index (κ2) is 9.04. The smallest absolute Gasteiger partial charge is 0.238 e. The molecule has 0 radical (unpaired) electrons. The third-order valence-corrected chi connectivity index (χ3v) is 8.37. The third kappa shape index (κ3) is 4.44. The van der Waals surface area contributed by atoms with Gasteiger partial charge in [0.1, 0.15) is 5.82 Å². The predicted molar refractivity (Wildman–Crippen MR) is 135 cm³/mol. The molecule has 2 amide bonds. The molecule has 2 fully saturated rings. The molecule has 1 saturated heterocycles. The molecule has 0 spiro atoms. The Morgan fingerprint density at radius 3 is 2.49 bits per heavy atom. The van der Waals surface area contributed by atoms with Crippen molar-refractivity contribution in [2.75, 3.05) is 5.32 Å². The Labute approximate surface area is 214 Å². The van der Waals surface area contributed by atoms with Gasteiger partial charge in [-0.05, 0) is 62.9 Å². The van der Waals surface area contributed by atoms with E-state index >= 15 is 4.39 Å². The molecule has 2 aromatic rings. The maximum atomic E-state index is 15.5. The van der Waals surface area contributed by atoms with Crippen LogP contribution in [0.2, 0.25) is 10.0 Å². The Hall–Kier alpha value is -2.19. The molecule has 0 aromatic heterocycles. The zero-order valence-electron chi connectivity index (χ0n) is 20.1. The largest absolute Gasteiger partial charge is 0.390 e. The molecular weight excluding hydrogens is 492 g/mol. The lowest BCUT2D eigenvalue weighted by Crippen LogP contribution is -2.57. The van der Waals surface area contributed by atoms with Crippen molar-refractivity contribution in [1.29, 1.82) is 0 Å². The second-order valence-corrected chi connectivity index (χ2v) is 11.5. The second-order valence-electron chi connectivity index (χ2n) is 10.6. The van der Waals surface area contributed by atoms with Crippen molar-refractivity contribution >= 4 is 41.2 Å². The van der Waals surface area contributed by atoms with Crippen LogP contribution in [-0.4, -0.2) is 40.6 Å². The lowest BCUT2D eigenvalue weighted by molar-refractivity contribution is -0.127. The van der Waals surface area contributed by atoms with Gasteiger partial charge < -0.3 is 15.7 Å². The van der Waals surface area contributed by atoms with E-state index in [1.807, 2.05) is 20.8 Å². The molecule has 0 bridgehead atoms. The van der Waals surface area contributed by atoms with Crippen molar-refractivity contribution in [3.63, 3.8) is 0 Å². The van der Waals surface area contributed by atoms with Gasteiger partial charge in [-0.1, -0.05) is 48.3 Å². The molecule has 1 aliphatic carbocycles. The number of carbonyl (C=O) groups is 2. The third-order valence-electron chi connectivity index (χ3n) is 7.84. The van der Waals surface area contributed by atoms with E-state index in [0.717, 1.165) is 0 Å². The molecule has 4 rings (SSSR count). The Kier molecular flexibility index (Phi) is 6.68. The van der Waals surface area contributed by atoms with Crippen molar-refractivity contribution < 1.29 is 19.1 Å². The Bertz CT molecular complexity index is 1160. The molecule has 2 aliphatic rings. The van der Waals surface area contributed by atoms with Gasteiger partial charge in [-0.2, -0.15) is 0 Å².